The van der Waals surface area contributed by atoms with E-state index in [4.69, 9.17) is 14.5 Å². The quantitative estimate of drug-likeness (QED) is 0.458. The lowest BCUT2D eigenvalue weighted by molar-refractivity contribution is 0.0397. The fourth-order valence-corrected chi connectivity index (χ4v) is 4.91. The van der Waals surface area contributed by atoms with Crippen molar-refractivity contribution in [1.82, 2.24) is 9.99 Å². The Morgan fingerprint density at radius 1 is 1.26 bits per heavy atom. The lowest BCUT2D eigenvalue weighted by atomic mass is 10.1. The molecule has 0 aliphatic carbocycles. The van der Waals surface area contributed by atoms with Crippen LogP contribution in [0.1, 0.15) is 11.1 Å². The van der Waals surface area contributed by atoms with Gasteiger partial charge in [0, 0.05) is 11.3 Å². The third-order valence-electron chi connectivity index (χ3n) is 4.29. The van der Waals surface area contributed by atoms with Crippen LogP contribution in [0.15, 0.2) is 51.9 Å². The second-order valence-corrected chi connectivity index (χ2v) is 8.37. The molecule has 0 amide bonds. The summed E-state index contributed by atoms with van der Waals surface area (Å²) < 4.78 is 13.2. The highest BCUT2D eigenvalue weighted by atomic mass is 32.2. The first kappa shape index (κ1) is 18.3. The molecular formula is C20H21N3O2S2. The van der Waals surface area contributed by atoms with Gasteiger partial charge in [0.05, 0.1) is 49.8 Å². The molecule has 0 atom stereocenters. The molecule has 0 radical (unpaired) electrons. The van der Waals surface area contributed by atoms with Crippen molar-refractivity contribution in [2.24, 2.45) is 5.10 Å². The van der Waals surface area contributed by atoms with Crippen LogP contribution >= 0.6 is 23.1 Å². The molecule has 0 N–H and O–H groups in total. The summed E-state index contributed by atoms with van der Waals surface area (Å²) in [7, 11) is 1.71. The lowest BCUT2D eigenvalue weighted by Crippen LogP contribution is -2.32. The molecule has 2 heterocycles. The minimum Gasteiger partial charge on any atom is -0.496 e. The molecule has 3 aromatic rings. The summed E-state index contributed by atoms with van der Waals surface area (Å²) in [5.41, 5.74) is 3.28. The van der Waals surface area contributed by atoms with Crippen LogP contribution in [0.5, 0.6) is 5.75 Å². The molecule has 1 aliphatic heterocycles. The highest BCUT2D eigenvalue weighted by Gasteiger charge is 2.09. The predicted octanol–water partition coefficient (Wildman–Crippen LogP) is 4.26. The number of ether oxygens (including phenoxy) is 2. The van der Waals surface area contributed by atoms with Crippen LogP contribution in [0.3, 0.4) is 0 Å². The van der Waals surface area contributed by atoms with E-state index < -0.39 is 0 Å². The number of aromatic nitrogens is 1. The molecule has 0 saturated carbocycles. The molecule has 4 rings (SSSR count). The van der Waals surface area contributed by atoms with Crippen LogP contribution in [0.4, 0.5) is 0 Å². The smallest absolute Gasteiger partial charge is 0.151 e. The molecule has 2 aromatic carbocycles. The Morgan fingerprint density at radius 2 is 2.11 bits per heavy atom. The standard InChI is InChI=1S/C20H21N3O2S2/c1-24-18-7-6-15(13-21-23-8-10-25-11-9-23)12-16(18)14-26-20-22-17-4-2-3-5-19(17)27-20/h2-7,12-13H,8-11,14H2,1H3. The van der Waals surface area contributed by atoms with Crippen molar-refractivity contribution in [2.45, 2.75) is 10.1 Å². The number of rotatable bonds is 6. The van der Waals surface area contributed by atoms with E-state index >= 15 is 0 Å². The number of thioether (sulfide) groups is 1. The molecule has 0 spiro atoms. The number of para-hydroxylation sites is 1. The summed E-state index contributed by atoms with van der Waals surface area (Å²) in [5.74, 6) is 1.70. The average Bonchev–Trinajstić information content (AvgIpc) is 3.14. The Hall–Kier alpha value is -2.09. The molecule has 1 aromatic heterocycles. The second kappa shape index (κ2) is 8.73. The molecule has 7 heteroatoms. The largest absolute Gasteiger partial charge is 0.496 e. The number of benzene rings is 2. The second-order valence-electron chi connectivity index (χ2n) is 6.12. The van der Waals surface area contributed by atoms with Gasteiger partial charge in [0.25, 0.3) is 0 Å². The summed E-state index contributed by atoms with van der Waals surface area (Å²) in [6.07, 6.45) is 1.91. The maximum Gasteiger partial charge on any atom is 0.151 e. The SMILES string of the molecule is COc1ccc(C=NN2CCOCC2)cc1CSc1nc2ccccc2s1. The number of thiazole rings is 1. The van der Waals surface area contributed by atoms with Gasteiger partial charge in [-0.05, 0) is 35.9 Å². The minimum absolute atomic E-state index is 0.740. The summed E-state index contributed by atoms with van der Waals surface area (Å²) >= 11 is 3.47. The van der Waals surface area contributed by atoms with Crippen molar-refractivity contribution in [2.75, 3.05) is 33.4 Å². The highest BCUT2D eigenvalue weighted by Crippen LogP contribution is 2.33. The van der Waals surface area contributed by atoms with Crippen LogP contribution in [0.25, 0.3) is 10.2 Å². The van der Waals surface area contributed by atoms with E-state index in [1.54, 1.807) is 30.2 Å². The molecule has 1 aliphatic rings. The molecule has 5 nitrogen and oxygen atoms in total. The van der Waals surface area contributed by atoms with Crippen LogP contribution < -0.4 is 4.74 Å². The minimum atomic E-state index is 0.740. The maximum absolute atomic E-state index is 5.54. The van der Waals surface area contributed by atoms with Crippen molar-refractivity contribution < 1.29 is 9.47 Å². The highest BCUT2D eigenvalue weighted by molar-refractivity contribution is 8.00. The van der Waals surface area contributed by atoms with E-state index in [1.165, 1.54) is 4.70 Å². The number of hydrazone groups is 1. The van der Waals surface area contributed by atoms with Crippen LogP contribution in [0, 0.1) is 0 Å². The molecule has 1 fully saturated rings. The molecule has 0 bridgehead atoms. The third kappa shape index (κ3) is 4.61. The average molecular weight is 400 g/mol. The summed E-state index contributed by atoms with van der Waals surface area (Å²) in [5, 5.41) is 6.61. The number of morpholine rings is 1. The van der Waals surface area contributed by atoms with E-state index in [0.717, 1.165) is 58.8 Å². The van der Waals surface area contributed by atoms with Gasteiger partial charge < -0.3 is 9.47 Å². The van der Waals surface area contributed by atoms with Gasteiger partial charge in [-0.1, -0.05) is 23.9 Å². The van der Waals surface area contributed by atoms with E-state index in [0.29, 0.717) is 0 Å². The van der Waals surface area contributed by atoms with Crippen molar-refractivity contribution in [3.63, 3.8) is 0 Å². The van der Waals surface area contributed by atoms with Crippen molar-refractivity contribution in [1.29, 1.82) is 0 Å². The topological polar surface area (TPSA) is 47.0 Å². The van der Waals surface area contributed by atoms with Gasteiger partial charge in [-0.25, -0.2) is 4.98 Å². The number of hydrogen-bond donors (Lipinski definition) is 0. The fraction of sp³-hybridized carbons (Fsp3) is 0.300. The van der Waals surface area contributed by atoms with Crippen LogP contribution in [-0.2, 0) is 10.5 Å². The number of hydrogen-bond acceptors (Lipinski definition) is 7. The van der Waals surface area contributed by atoms with E-state index in [-0.39, 0.29) is 0 Å². The first-order chi connectivity index (χ1) is 13.3. The molecule has 0 unspecified atom stereocenters. The lowest BCUT2D eigenvalue weighted by Gasteiger charge is -2.23. The first-order valence-corrected chi connectivity index (χ1v) is 10.6. The number of nitrogens with zero attached hydrogens (tertiary/aromatic N) is 3. The van der Waals surface area contributed by atoms with Crippen molar-refractivity contribution in [3.05, 3.63) is 53.6 Å². The Morgan fingerprint density at radius 3 is 2.93 bits per heavy atom. The summed E-state index contributed by atoms with van der Waals surface area (Å²) in [6, 6.07) is 14.4. The molecule has 1 saturated heterocycles. The van der Waals surface area contributed by atoms with Gasteiger partial charge in [-0.15, -0.1) is 11.3 Å². The first-order valence-electron chi connectivity index (χ1n) is 8.84. The normalized spacial score (nSPS) is 14.9. The zero-order valence-electron chi connectivity index (χ0n) is 15.1. The maximum atomic E-state index is 5.54. The zero-order chi connectivity index (χ0) is 18.5. The Balaban J connectivity index is 1.47. The molecule has 140 valence electrons. The van der Waals surface area contributed by atoms with Crippen LogP contribution in [-0.4, -0.2) is 49.6 Å². The predicted molar refractivity (Wildman–Crippen MR) is 112 cm³/mol. The Kier molecular flexibility index (Phi) is 5.91. The number of fused-ring (bicyclic) bond motifs is 1. The summed E-state index contributed by atoms with van der Waals surface area (Å²) in [6.45, 7) is 3.16. The monoisotopic (exact) mass is 399 g/mol. The van der Waals surface area contributed by atoms with Gasteiger partial charge in [-0.3, -0.25) is 5.01 Å². The van der Waals surface area contributed by atoms with Gasteiger partial charge in [0.2, 0.25) is 0 Å². The van der Waals surface area contributed by atoms with E-state index in [1.807, 2.05) is 29.4 Å². The zero-order valence-corrected chi connectivity index (χ0v) is 16.8. The summed E-state index contributed by atoms with van der Waals surface area (Å²) in [4.78, 5) is 4.70. The Labute approximate surface area is 167 Å². The van der Waals surface area contributed by atoms with Gasteiger partial charge in [0.1, 0.15) is 5.75 Å². The number of methoxy groups -OCH3 is 1. The van der Waals surface area contributed by atoms with Crippen LogP contribution in [0.2, 0.25) is 0 Å². The Bertz CT molecular complexity index is 903. The fourth-order valence-electron chi connectivity index (χ4n) is 2.86. The molecule has 27 heavy (non-hydrogen) atoms. The van der Waals surface area contributed by atoms with E-state index in [2.05, 4.69) is 29.4 Å². The van der Waals surface area contributed by atoms with E-state index in [9.17, 15) is 0 Å². The van der Waals surface area contributed by atoms with Gasteiger partial charge in [-0.2, -0.15) is 5.10 Å². The third-order valence-corrected chi connectivity index (χ3v) is 6.52. The van der Waals surface area contributed by atoms with Gasteiger partial charge in [0.15, 0.2) is 4.34 Å². The molecular weight excluding hydrogens is 378 g/mol. The van der Waals surface area contributed by atoms with Gasteiger partial charge >= 0.3 is 0 Å². The van der Waals surface area contributed by atoms with Crippen molar-refractivity contribution >= 4 is 39.5 Å². The van der Waals surface area contributed by atoms with Crippen molar-refractivity contribution in [3.8, 4) is 5.75 Å².